The van der Waals surface area contributed by atoms with E-state index in [0.717, 1.165) is 0 Å². The summed E-state index contributed by atoms with van der Waals surface area (Å²) in [6, 6.07) is 7.49. The number of halogens is 6. The molecule has 0 N–H and O–H groups in total. The fraction of sp³-hybridized carbons (Fsp3) is 0.235. The first-order chi connectivity index (χ1) is 13.0. The number of ether oxygens (including phenoxy) is 1. The molecule has 28 heavy (non-hydrogen) atoms. The molecule has 0 fully saturated rings. The number of benzene rings is 1. The van der Waals surface area contributed by atoms with E-state index in [0.29, 0.717) is 22.6 Å². The van der Waals surface area contributed by atoms with Crippen LogP contribution >= 0.6 is 0 Å². The number of hydrogen-bond acceptors (Lipinski definition) is 4. The minimum Gasteiger partial charge on any atom is -0.497 e. The van der Waals surface area contributed by atoms with E-state index in [1.807, 2.05) is 0 Å². The van der Waals surface area contributed by atoms with Crippen molar-refractivity contribution >= 4 is 0 Å². The highest BCUT2D eigenvalue weighted by Crippen LogP contribution is 2.33. The van der Waals surface area contributed by atoms with Gasteiger partial charge in [0.1, 0.15) is 5.75 Å². The molecule has 3 rings (SSSR count). The molecular weight excluding hydrogens is 390 g/mol. The van der Waals surface area contributed by atoms with Crippen molar-refractivity contribution in [1.29, 1.82) is 0 Å². The zero-order valence-electron chi connectivity index (χ0n) is 14.4. The molecule has 3 aromatic rings. The lowest BCUT2D eigenvalue weighted by Gasteiger charge is -2.12. The minimum atomic E-state index is -4.83. The predicted octanol–water partition coefficient (Wildman–Crippen LogP) is 4.68. The van der Waals surface area contributed by atoms with E-state index in [4.69, 9.17) is 4.74 Å². The van der Waals surface area contributed by atoms with Gasteiger partial charge in [-0.1, -0.05) is 12.1 Å². The maximum Gasteiger partial charge on any atom is 0.435 e. The lowest BCUT2D eigenvalue weighted by molar-refractivity contribution is -0.142. The molecule has 2 aromatic heterocycles. The Morgan fingerprint density at radius 3 is 2.14 bits per heavy atom. The predicted molar refractivity (Wildman–Crippen MR) is 85.9 cm³/mol. The summed E-state index contributed by atoms with van der Waals surface area (Å²) >= 11 is 0. The molecule has 0 aliphatic heterocycles. The van der Waals surface area contributed by atoms with Crippen LogP contribution in [0.3, 0.4) is 0 Å². The van der Waals surface area contributed by atoms with E-state index in [2.05, 4.69) is 15.1 Å². The molecule has 1 aromatic carbocycles. The van der Waals surface area contributed by atoms with Crippen molar-refractivity contribution in [2.45, 2.75) is 19.3 Å². The molecule has 0 bridgehead atoms. The Hall–Kier alpha value is -3.11. The second-order valence-corrected chi connectivity index (χ2v) is 5.75. The topological polar surface area (TPSA) is 52.8 Å². The second kappa shape index (κ2) is 6.80. The molecule has 0 aliphatic rings. The van der Waals surface area contributed by atoms with Crippen molar-refractivity contribution < 1.29 is 31.1 Å². The standard InChI is InChI=1S/C17H12F6N4O/c1-9-6-14(17(21,22)23)26-27(9)15-24-12(8-13(25-15)16(18,19)20)10-4-3-5-11(7-10)28-2/h3-8H,1-2H3. The number of aryl methyl sites for hydroxylation is 1. The SMILES string of the molecule is COc1cccc(-c2cc(C(F)(F)F)nc(-n3nc(C(F)(F)F)cc3C)n2)c1. The van der Waals surface area contributed by atoms with Crippen LogP contribution in [0.2, 0.25) is 0 Å². The molecule has 0 radical (unpaired) electrons. The number of nitrogens with zero attached hydrogens (tertiary/aromatic N) is 4. The summed E-state index contributed by atoms with van der Waals surface area (Å²) in [6.07, 6.45) is -9.59. The fourth-order valence-electron chi connectivity index (χ4n) is 2.42. The third-order valence-electron chi connectivity index (χ3n) is 3.74. The van der Waals surface area contributed by atoms with E-state index >= 15 is 0 Å². The van der Waals surface area contributed by atoms with Gasteiger partial charge in [-0.25, -0.2) is 14.6 Å². The molecule has 0 spiro atoms. The molecule has 11 heteroatoms. The van der Waals surface area contributed by atoms with Crippen molar-refractivity contribution in [1.82, 2.24) is 19.7 Å². The maximum absolute atomic E-state index is 13.3. The first-order valence-corrected chi connectivity index (χ1v) is 7.74. The van der Waals surface area contributed by atoms with Gasteiger partial charge in [0.2, 0.25) is 0 Å². The average molecular weight is 402 g/mol. The average Bonchev–Trinajstić information content (AvgIpc) is 3.03. The fourth-order valence-corrected chi connectivity index (χ4v) is 2.42. The zero-order chi connectivity index (χ0) is 20.7. The summed E-state index contributed by atoms with van der Waals surface area (Å²) < 4.78 is 84.2. The highest BCUT2D eigenvalue weighted by molar-refractivity contribution is 5.62. The van der Waals surface area contributed by atoms with Gasteiger partial charge in [0.25, 0.3) is 5.95 Å². The van der Waals surface area contributed by atoms with Crippen LogP contribution in [0, 0.1) is 6.92 Å². The summed E-state index contributed by atoms with van der Waals surface area (Å²) in [5.74, 6) is -0.249. The van der Waals surface area contributed by atoms with E-state index < -0.39 is 29.7 Å². The van der Waals surface area contributed by atoms with Gasteiger partial charge >= 0.3 is 12.4 Å². The van der Waals surface area contributed by atoms with Crippen LogP contribution in [0.1, 0.15) is 17.1 Å². The Labute approximate surface area is 154 Å². The van der Waals surface area contributed by atoms with Gasteiger partial charge in [-0.3, -0.25) is 0 Å². The lowest BCUT2D eigenvalue weighted by Crippen LogP contribution is -2.15. The summed E-state index contributed by atoms with van der Waals surface area (Å²) in [7, 11) is 1.39. The largest absolute Gasteiger partial charge is 0.497 e. The summed E-state index contributed by atoms with van der Waals surface area (Å²) in [5, 5.41) is 3.32. The first-order valence-electron chi connectivity index (χ1n) is 7.74. The Morgan fingerprint density at radius 1 is 0.893 bits per heavy atom. The van der Waals surface area contributed by atoms with E-state index in [9.17, 15) is 26.3 Å². The molecule has 0 unspecified atom stereocenters. The van der Waals surface area contributed by atoms with Gasteiger partial charge in [0.05, 0.1) is 12.8 Å². The lowest BCUT2D eigenvalue weighted by atomic mass is 10.1. The molecule has 2 heterocycles. The summed E-state index contributed by atoms with van der Waals surface area (Å²) in [4.78, 5) is 7.35. The van der Waals surface area contributed by atoms with Crippen LogP contribution < -0.4 is 4.74 Å². The molecule has 148 valence electrons. The molecule has 0 saturated carbocycles. The van der Waals surface area contributed by atoms with Crippen LogP contribution in [-0.4, -0.2) is 26.9 Å². The highest BCUT2D eigenvalue weighted by Gasteiger charge is 2.36. The molecule has 0 amide bonds. The first kappa shape index (κ1) is 19.6. The Morgan fingerprint density at radius 2 is 1.57 bits per heavy atom. The molecule has 5 nitrogen and oxygen atoms in total. The molecule has 0 aliphatic carbocycles. The van der Waals surface area contributed by atoms with Crippen molar-refractivity contribution in [2.24, 2.45) is 0 Å². The van der Waals surface area contributed by atoms with Gasteiger partial charge in [-0.2, -0.15) is 31.4 Å². The minimum absolute atomic E-state index is 0.0664. The molecule has 0 saturated heterocycles. The zero-order valence-corrected chi connectivity index (χ0v) is 14.4. The quantitative estimate of drug-likeness (QED) is 0.597. The third kappa shape index (κ3) is 3.92. The number of hydrogen-bond donors (Lipinski definition) is 0. The highest BCUT2D eigenvalue weighted by atomic mass is 19.4. The van der Waals surface area contributed by atoms with Crippen molar-refractivity contribution in [3.63, 3.8) is 0 Å². The van der Waals surface area contributed by atoms with Gasteiger partial charge in [-0.15, -0.1) is 0 Å². The van der Waals surface area contributed by atoms with Crippen LogP contribution in [0.25, 0.3) is 17.2 Å². The number of aromatic nitrogens is 4. The van der Waals surface area contributed by atoms with E-state index in [1.54, 1.807) is 12.1 Å². The summed E-state index contributed by atoms with van der Waals surface area (Å²) in [5.41, 5.74) is -2.50. The van der Waals surface area contributed by atoms with Gasteiger partial charge in [0.15, 0.2) is 11.4 Å². The van der Waals surface area contributed by atoms with Crippen molar-refractivity contribution in [2.75, 3.05) is 7.11 Å². The Bertz CT molecular complexity index is 1010. The Kier molecular flexibility index (Phi) is 4.77. The smallest absolute Gasteiger partial charge is 0.435 e. The number of alkyl halides is 6. The summed E-state index contributed by atoms with van der Waals surface area (Å²) in [6.45, 7) is 1.26. The monoisotopic (exact) mass is 402 g/mol. The number of rotatable bonds is 3. The van der Waals surface area contributed by atoms with Crippen molar-refractivity contribution in [3.05, 3.63) is 53.5 Å². The van der Waals surface area contributed by atoms with Gasteiger partial charge in [0, 0.05) is 11.3 Å². The molecular formula is C17H12F6N4O. The van der Waals surface area contributed by atoms with E-state index in [1.165, 1.54) is 26.2 Å². The van der Waals surface area contributed by atoms with Crippen LogP contribution in [0.5, 0.6) is 5.75 Å². The normalized spacial score (nSPS) is 12.3. The molecule has 0 atom stereocenters. The maximum atomic E-state index is 13.3. The Balaban J connectivity index is 2.21. The van der Waals surface area contributed by atoms with Crippen molar-refractivity contribution in [3.8, 4) is 23.0 Å². The van der Waals surface area contributed by atoms with E-state index in [-0.39, 0.29) is 17.0 Å². The van der Waals surface area contributed by atoms with Gasteiger partial charge < -0.3 is 4.74 Å². The van der Waals surface area contributed by atoms with Crippen LogP contribution in [0.4, 0.5) is 26.3 Å². The number of methoxy groups -OCH3 is 1. The van der Waals surface area contributed by atoms with Crippen LogP contribution in [-0.2, 0) is 12.4 Å². The van der Waals surface area contributed by atoms with Crippen LogP contribution in [0.15, 0.2) is 36.4 Å². The van der Waals surface area contributed by atoms with Gasteiger partial charge in [-0.05, 0) is 31.2 Å². The third-order valence-corrected chi connectivity index (χ3v) is 3.74. The second-order valence-electron chi connectivity index (χ2n) is 5.75.